The van der Waals surface area contributed by atoms with E-state index in [-0.39, 0.29) is 48.6 Å². The third-order valence-electron chi connectivity index (χ3n) is 7.25. The number of hydrogen-bond acceptors (Lipinski definition) is 6. The Labute approximate surface area is 218 Å². The van der Waals surface area contributed by atoms with Crippen molar-refractivity contribution < 1.29 is 29.6 Å². The highest BCUT2D eigenvalue weighted by atomic mass is 32.2. The molecule has 1 aromatic rings. The molecule has 6 nitrogen and oxygen atoms in total. The van der Waals surface area contributed by atoms with E-state index in [0.29, 0.717) is 12.8 Å². The van der Waals surface area contributed by atoms with Crippen LogP contribution in [0.3, 0.4) is 0 Å². The van der Waals surface area contributed by atoms with Crippen LogP contribution in [0.4, 0.5) is 0 Å². The molecular formula is C29H40O6S. The molecule has 7 heteroatoms. The average Bonchev–Trinajstić information content (AvgIpc) is 2.78. The smallest absolute Gasteiger partial charge is 0.322 e. The molecule has 0 aliphatic heterocycles. The van der Waals surface area contributed by atoms with Gasteiger partial charge < -0.3 is 20.1 Å². The van der Waals surface area contributed by atoms with Gasteiger partial charge in [-0.05, 0) is 75.0 Å². The van der Waals surface area contributed by atoms with E-state index in [1.54, 1.807) is 0 Å². The Bertz CT molecular complexity index is 956. The van der Waals surface area contributed by atoms with Crippen LogP contribution in [0.15, 0.2) is 59.0 Å². The van der Waals surface area contributed by atoms with Gasteiger partial charge in [-0.15, -0.1) is 11.8 Å². The molecule has 0 unspecified atom stereocenters. The number of hydrogen-bond donors (Lipinski definition) is 3. The first-order chi connectivity index (χ1) is 17.0. The van der Waals surface area contributed by atoms with Crippen LogP contribution in [0.5, 0.6) is 0 Å². The second kappa shape index (κ2) is 12.4. The maximum atomic E-state index is 13.4. The number of carboxylic acid groups (broad SMARTS) is 1. The topological polar surface area (TPSA) is 104 Å². The number of aliphatic carboxylic acids is 1. The number of carboxylic acids is 1. The van der Waals surface area contributed by atoms with Crippen molar-refractivity contribution in [2.24, 2.45) is 23.7 Å². The number of rotatable bonds is 11. The Morgan fingerprint density at radius 1 is 1.14 bits per heavy atom. The Morgan fingerprint density at radius 3 is 2.50 bits per heavy atom. The molecule has 3 rings (SSSR count). The number of aliphatic hydroxyl groups is 2. The van der Waals surface area contributed by atoms with Crippen molar-refractivity contribution >= 4 is 23.7 Å². The zero-order valence-corrected chi connectivity index (χ0v) is 22.5. The summed E-state index contributed by atoms with van der Waals surface area (Å²) in [6, 6.07) is 9.85. The van der Waals surface area contributed by atoms with Gasteiger partial charge in [-0.2, -0.15) is 0 Å². The third kappa shape index (κ3) is 7.70. The van der Waals surface area contributed by atoms with Gasteiger partial charge in [0.05, 0.1) is 18.6 Å². The van der Waals surface area contributed by atoms with Gasteiger partial charge in [-0.3, -0.25) is 9.59 Å². The standard InChI is InChI=1S/C29H40O6S/c1-18-14-20-11-10-19(2)24(13-12-21(30)16-22(31)17-26(32)33)27(20)25(15-18)35-28(34)29(3,4)36-23-8-6-5-7-9-23/h5-11,14,18-19,21-22,24-25,27,30-31H,12-13,15-17H2,1-4H3,(H,32,33)/t18-,19-,21+,22+,24-,25-,27-/m0/s1. The predicted octanol–water partition coefficient (Wildman–Crippen LogP) is 5.24. The van der Waals surface area contributed by atoms with Crippen molar-refractivity contribution in [3.63, 3.8) is 0 Å². The van der Waals surface area contributed by atoms with E-state index in [4.69, 9.17) is 9.84 Å². The van der Waals surface area contributed by atoms with Crippen molar-refractivity contribution in [2.75, 3.05) is 0 Å². The molecule has 3 N–H and O–H groups in total. The number of fused-ring (bicyclic) bond motifs is 1. The van der Waals surface area contributed by atoms with Gasteiger partial charge in [0, 0.05) is 10.8 Å². The Morgan fingerprint density at radius 2 is 1.83 bits per heavy atom. The summed E-state index contributed by atoms with van der Waals surface area (Å²) in [5, 5.41) is 29.2. The minimum absolute atomic E-state index is 0.0386. The van der Waals surface area contributed by atoms with E-state index in [1.165, 1.54) is 17.3 Å². The molecule has 0 bridgehead atoms. The monoisotopic (exact) mass is 516 g/mol. The number of carbonyl (C=O) groups is 2. The summed E-state index contributed by atoms with van der Waals surface area (Å²) in [5.74, 6) is -0.571. The van der Waals surface area contributed by atoms with Crippen LogP contribution in [-0.4, -0.2) is 50.3 Å². The lowest BCUT2D eigenvalue weighted by Gasteiger charge is -2.44. The molecule has 1 aromatic carbocycles. The Hall–Kier alpha value is -2.09. The number of benzene rings is 1. The molecule has 2 aliphatic carbocycles. The van der Waals surface area contributed by atoms with Crippen molar-refractivity contribution in [1.82, 2.24) is 0 Å². The predicted molar refractivity (Wildman–Crippen MR) is 142 cm³/mol. The zero-order chi connectivity index (χ0) is 26.5. The van der Waals surface area contributed by atoms with E-state index in [0.717, 1.165) is 11.3 Å². The fourth-order valence-corrected chi connectivity index (χ4v) is 6.44. The molecular weight excluding hydrogens is 476 g/mol. The fourth-order valence-electron chi connectivity index (χ4n) is 5.43. The van der Waals surface area contributed by atoms with Gasteiger partial charge in [0.1, 0.15) is 10.9 Å². The van der Waals surface area contributed by atoms with E-state index >= 15 is 0 Å². The Balaban J connectivity index is 1.71. The maximum absolute atomic E-state index is 13.4. The summed E-state index contributed by atoms with van der Waals surface area (Å²) < 4.78 is 5.52. The molecule has 0 spiro atoms. The quantitative estimate of drug-likeness (QED) is 0.273. The fraction of sp³-hybridized carbons (Fsp3) is 0.586. The first-order valence-electron chi connectivity index (χ1n) is 12.9. The van der Waals surface area contributed by atoms with Gasteiger partial charge in [0.15, 0.2) is 0 Å². The van der Waals surface area contributed by atoms with E-state index in [1.807, 2.05) is 44.2 Å². The number of thioether (sulfide) groups is 1. The summed E-state index contributed by atoms with van der Waals surface area (Å²) in [6.45, 7) is 8.09. The number of aliphatic hydroxyl groups excluding tert-OH is 2. The third-order valence-corrected chi connectivity index (χ3v) is 8.43. The highest BCUT2D eigenvalue weighted by molar-refractivity contribution is 8.01. The van der Waals surface area contributed by atoms with Crippen molar-refractivity contribution in [1.29, 1.82) is 0 Å². The van der Waals surface area contributed by atoms with Gasteiger partial charge in [0.25, 0.3) is 0 Å². The molecule has 0 fully saturated rings. The minimum atomic E-state index is -1.08. The van der Waals surface area contributed by atoms with E-state index < -0.39 is 22.9 Å². The van der Waals surface area contributed by atoms with Crippen LogP contribution in [0.2, 0.25) is 0 Å². The van der Waals surface area contributed by atoms with Gasteiger partial charge in [-0.1, -0.05) is 50.3 Å². The van der Waals surface area contributed by atoms with Crippen LogP contribution in [-0.2, 0) is 14.3 Å². The van der Waals surface area contributed by atoms with Crippen LogP contribution < -0.4 is 0 Å². The second-order valence-electron chi connectivity index (χ2n) is 10.9. The lowest BCUT2D eigenvalue weighted by atomic mass is 9.65. The molecule has 0 radical (unpaired) electrons. The van der Waals surface area contributed by atoms with Crippen LogP contribution in [0.25, 0.3) is 0 Å². The number of ether oxygens (including phenoxy) is 1. The van der Waals surface area contributed by atoms with Crippen LogP contribution in [0.1, 0.15) is 59.8 Å². The number of carbonyl (C=O) groups excluding carboxylic acids is 1. The number of esters is 1. The maximum Gasteiger partial charge on any atom is 0.322 e. The van der Waals surface area contributed by atoms with Crippen LogP contribution >= 0.6 is 11.8 Å². The molecule has 0 saturated carbocycles. The molecule has 2 aliphatic rings. The van der Waals surface area contributed by atoms with Crippen molar-refractivity contribution in [2.45, 2.75) is 87.8 Å². The van der Waals surface area contributed by atoms with E-state index in [9.17, 15) is 19.8 Å². The normalized spacial score (nSPS) is 27.5. The van der Waals surface area contributed by atoms with Crippen molar-refractivity contribution in [3.05, 3.63) is 54.1 Å². The zero-order valence-electron chi connectivity index (χ0n) is 21.7. The average molecular weight is 517 g/mol. The largest absolute Gasteiger partial charge is 0.481 e. The van der Waals surface area contributed by atoms with Crippen molar-refractivity contribution in [3.8, 4) is 0 Å². The highest BCUT2D eigenvalue weighted by Gasteiger charge is 2.43. The molecule has 198 valence electrons. The number of allylic oxidation sites excluding steroid dienone is 3. The highest BCUT2D eigenvalue weighted by Crippen LogP contribution is 2.45. The summed E-state index contributed by atoms with van der Waals surface area (Å²) in [6.07, 6.45) is 6.07. The minimum Gasteiger partial charge on any atom is -0.481 e. The van der Waals surface area contributed by atoms with Crippen LogP contribution in [0, 0.1) is 23.7 Å². The molecule has 0 heterocycles. The molecule has 0 aromatic heterocycles. The summed E-state index contributed by atoms with van der Waals surface area (Å²) >= 11 is 1.50. The molecule has 0 saturated heterocycles. The summed E-state index contributed by atoms with van der Waals surface area (Å²) in [7, 11) is 0. The molecule has 36 heavy (non-hydrogen) atoms. The summed E-state index contributed by atoms with van der Waals surface area (Å²) in [5.41, 5.74) is 1.18. The van der Waals surface area contributed by atoms with E-state index in [2.05, 4.69) is 32.1 Å². The Kier molecular flexibility index (Phi) is 9.84. The lowest BCUT2D eigenvalue weighted by Crippen LogP contribution is -2.43. The molecule has 7 atom stereocenters. The first-order valence-corrected chi connectivity index (χ1v) is 13.7. The lowest BCUT2D eigenvalue weighted by molar-refractivity contribution is -0.156. The first kappa shape index (κ1) is 28.5. The SMILES string of the molecule is C[C@H]1C=C2C=C[C@H](C)[C@H](CC[C@@H](O)C[C@@H](O)CC(=O)O)[C@H]2[C@@H](OC(=O)C(C)(C)Sc2ccccc2)C1. The van der Waals surface area contributed by atoms with Gasteiger partial charge in [-0.25, -0.2) is 0 Å². The van der Waals surface area contributed by atoms with Gasteiger partial charge >= 0.3 is 11.9 Å². The van der Waals surface area contributed by atoms with Gasteiger partial charge in [0.2, 0.25) is 0 Å². The second-order valence-corrected chi connectivity index (χ2v) is 12.6. The molecule has 0 amide bonds. The summed E-state index contributed by atoms with van der Waals surface area (Å²) in [4.78, 5) is 25.2.